The van der Waals surface area contributed by atoms with Gasteiger partial charge in [-0.1, -0.05) is 25.7 Å². The fourth-order valence-electron chi connectivity index (χ4n) is 5.01. The van der Waals surface area contributed by atoms with Gasteiger partial charge in [0, 0.05) is 37.9 Å². The molecule has 1 atom stereocenters. The van der Waals surface area contributed by atoms with E-state index in [4.69, 9.17) is 0 Å². The van der Waals surface area contributed by atoms with Crippen LogP contribution in [0.4, 0.5) is 0 Å². The summed E-state index contributed by atoms with van der Waals surface area (Å²) in [5.74, 6) is 2.61. The van der Waals surface area contributed by atoms with E-state index in [9.17, 15) is 9.59 Å². The highest BCUT2D eigenvalue weighted by atomic mass is 16.2. The lowest BCUT2D eigenvalue weighted by molar-refractivity contribution is -0.135. The average molecular weight is 388 g/mol. The monoisotopic (exact) mass is 387 g/mol. The Morgan fingerprint density at radius 2 is 1.75 bits per heavy atom. The molecule has 2 amide bonds. The lowest BCUT2D eigenvalue weighted by Gasteiger charge is -2.32. The van der Waals surface area contributed by atoms with Crippen molar-refractivity contribution in [2.75, 3.05) is 19.6 Å². The molecule has 0 bridgehead atoms. The van der Waals surface area contributed by atoms with Crippen molar-refractivity contribution in [3.63, 3.8) is 0 Å². The van der Waals surface area contributed by atoms with E-state index in [1.54, 1.807) is 0 Å². The van der Waals surface area contributed by atoms with Gasteiger partial charge >= 0.3 is 0 Å². The number of nitrogens with zero attached hydrogens (tertiary/aromatic N) is 4. The van der Waals surface area contributed by atoms with E-state index in [-0.39, 0.29) is 30.2 Å². The van der Waals surface area contributed by atoms with Gasteiger partial charge in [-0.15, -0.1) is 10.2 Å². The van der Waals surface area contributed by atoms with Crippen LogP contribution in [0.3, 0.4) is 0 Å². The number of piperidine rings is 1. The minimum atomic E-state index is 0.0319. The van der Waals surface area contributed by atoms with Crippen molar-refractivity contribution < 1.29 is 9.59 Å². The lowest BCUT2D eigenvalue weighted by atomic mass is 9.89. The highest BCUT2D eigenvalue weighted by Crippen LogP contribution is 2.28. The predicted octanol–water partition coefficient (Wildman–Crippen LogP) is 2.41. The van der Waals surface area contributed by atoms with Gasteiger partial charge in [-0.3, -0.25) is 9.59 Å². The van der Waals surface area contributed by atoms with Crippen molar-refractivity contribution in [2.24, 2.45) is 5.92 Å². The number of amides is 2. The molecule has 0 spiro atoms. The number of rotatable bonds is 4. The van der Waals surface area contributed by atoms with Crippen LogP contribution in [-0.4, -0.2) is 51.1 Å². The van der Waals surface area contributed by atoms with E-state index in [0.29, 0.717) is 6.54 Å². The minimum Gasteiger partial charge on any atom is -0.347 e. The minimum absolute atomic E-state index is 0.0319. The fraction of sp³-hybridized carbons (Fsp3) is 0.810. The first-order valence-electron chi connectivity index (χ1n) is 11.2. The number of likely N-dealkylation sites (tertiary alicyclic amines) is 1. The van der Waals surface area contributed by atoms with E-state index in [1.807, 2.05) is 4.90 Å². The van der Waals surface area contributed by atoms with Gasteiger partial charge in [0.25, 0.3) is 0 Å². The number of carbonyl (C=O) groups is 2. The second-order valence-electron chi connectivity index (χ2n) is 8.67. The summed E-state index contributed by atoms with van der Waals surface area (Å²) in [7, 11) is 0. The highest BCUT2D eigenvalue weighted by Gasteiger charge is 2.30. The molecule has 7 heteroatoms. The molecule has 1 aromatic heterocycles. The lowest BCUT2D eigenvalue weighted by Crippen LogP contribution is -2.46. The Morgan fingerprint density at radius 1 is 0.929 bits per heavy atom. The molecule has 154 valence electrons. The van der Waals surface area contributed by atoms with Gasteiger partial charge in [-0.05, 0) is 38.5 Å². The molecule has 1 saturated heterocycles. The van der Waals surface area contributed by atoms with Gasteiger partial charge in [0.1, 0.15) is 11.6 Å². The summed E-state index contributed by atoms with van der Waals surface area (Å²) in [6.07, 6.45) is 12.1. The summed E-state index contributed by atoms with van der Waals surface area (Å²) in [6.45, 7) is 2.59. The van der Waals surface area contributed by atoms with Gasteiger partial charge < -0.3 is 14.8 Å². The number of carbonyl (C=O) groups excluding carboxylic acids is 2. The third-order valence-electron chi connectivity index (χ3n) is 6.67. The predicted molar refractivity (Wildman–Crippen MR) is 106 cm³/mol. The maximum Gasteiger partial charge on any atom is 0.241 e. The molecule has 0 radical (unpaired) electrons. The normalized spacial score (nSPS) is 23.7. The summed E-state index contributed by atoms with van der Waals surface area (Å²) in [5.41, 5.74) is 0. The van der Waals surface area contributed by atoms with Crippen LogP contribution in [0, 0.1) is 5.92 Å². The Balaban J connectivity index is 1.33. The van der Waals surface area contributed by atoms with Gasteiger partial charge in [-0.2, -0.15) is 0 Å². The van der Waals surface area contributed by atoms with Crippen molar-refractivity contribution in [3.05, 3.63) is 11.6 Å². The summed E-state index contributed by atoms with van der Waals surface area (Å²) < 4.78 is 2.30. The molecule has 2 fully saturated rings. The van der Waals surface area contributed by atoms with E-state index in [2.05, 4.69) is 20.1 Å². The van der Waals surface area contributed by atoms with Gasteiger partial charge in [0.2, 0.25) is 11.8 Å². The third-order valence-corrected chi connectivity index (χ3v) is 6.67. The molecule has 1 aromatic rings. The number of fused-ring (bicyclic) bond motifs is 1. The molecular formula is C21H33N5O2. The number of hydrogen-bond donors (Lipinski definition) is 1. The standard InChI is InChI=1S/C21H33N5O2/c27-19(14-22-21(28)16-8-3-1-4-9-16)25-12-7-10-17(15-25)20-24-23-18-11-5-2-6-13-26(18)20/h16-17H,1-15H2,(H,22,28)/t17-/m1/s1. The first-order valence-corrected chi connectivity index (χ1v) is 11.2. The van der Waals surface area contributed by atoms with E-state index in [0.717, 1.165) is 69.7 Å². The maximum atomic E-state index is 12.7. The summed E-state index contributed by atoms with van der Waals surface area (Å²) in [5, 5.41) is 11.8. The molecule has 7 nitrogen and oxygen atoms in total. The average Bonchev–Trinajstić information content (AvgIpc) is 3.00. The molecule has 1 N–H and O–H groups in total. The largest absolute Gasteiger partial charge is 0.347 e. The SMILES string of the molecule is O=C(NCC(=O)N1CCC[C@@H](c2nnc3n2CCCCC3)C1)C1CCCCC1. The Hall–Kier alpha value is -1.92. The first kappa shape index (κ1) is 19.4. The molecular weight excluding hydrogens is 354 g/mol. The smallest absolute Gasteiger partial charge is 0.241 e. The molecule has 4 rings (SSSR count). The van der Waals surface area contributed by atoms with Crippen LogP contribution < -0.4 is 5.32 Å². The number of aryl methyl sites for hydroxylation is 1. The van der Waals surface area contributed by atoms with Crippen LogP contribution in [0.25, 0.3) is 0 Å². The zero-order valence-corrected chi connectivity index (χ0v) is 16.9. The van der Waals surface area contributed by atoms with Gasteiger partial charge in [0.05, 0.1) is 6.54 Å². The number of aromatic nitrogens is 3. The van der Waals surface area contributed by atoms with Crippen molar-refractivity contribution in [2.45, 2.75) is 83.1 Å². The highest BCUT2D eigenvalue weighted by molar-refractivity contribution is 5.86. The fourth-order valence-corrected chi connectivity index (χ4v) is 5.01. The Kier molecular flexibility index (Phi) is 6.27. The van der Waals surface area contributed by atoms with E-state index >= 15 is 0 Å². The molecule has 1 saturated carbocycles. The van der Waals surface area contributed by atoms with Crippen LogP contribution in [-0.2, 0) is 22.6 Å². The molecule has 0 aromatic carbocycles. The quantitative estimate of drug-likeness (QED) is 0.860. The molecule has 3 aliphatic rings. The van der Waals surface area contributed by atoms with Crippen LogP contribution in [0.1, 0.15) is 81.8 Å². The van der Waals surface area contributed by atoms with Crippen LogP contribution in [0.2, 0.25) is 0 Å². The number of hydrogen-bond acceptors (Lipinski definition) is 4. The summed E-state index contributed by atoms with van der Waals surface area (Å²) >= 11 is 0. The van der Waals surface area contributed by atoms with Gasteiger partial charge in [-0.25, -0.2) is 0 Å². The summed E-state index contributed by atoms with van der Waals surface area (Å²) in [6, 6.07) is 0. The maximum absolute atomic E-state index is 12.7. The van der Waals surface area contributed by atoms with Crippen LogP contribution in [0.15, 0.2) is 0 Å². The van der Waals surface area contributed by atoms with Crippen molar-refractivity contribution in [1.29, 1.82) is 0 Å². The number of nitrogens with one attached hydrogen (secondary N) is 1. The first-order chi connectivity index (χ1) is 13.7. The van der Waals surface area contributed by atoms with Crippen LogP contribution >= 0.6 is 0 Å². The molecule has 1 aliphatic carbocycles. The van der Waals surface area contributed by atoms with Crippen molar-refractivity contribution in [1.82, 2.24) is 25.0 Å². The Morgan fingerprint density at radius 3 is 2.61 bits per heavy atom. The molecule has 2 aliphatic heterocycles. The molecule has 3 heterocycles. The Bertz CT molecular complexity index is 695. The van der Waals surface area contributed by atoms with E-state index < -0.39 is 0 Å². The van der Waals surface area contributed by atoms with Crippen molar-refractivity contribution in [3.8, 4) is 0 Å². The zero-order valence-electron chi connectivity index (χ0n) is 16.9. The second kappa shape index (κ2) is 9.05. The van der Waals surface area contributed by atoms with Crippen LogP contribution in [0.5, 0.6) is 0 Å². The van der Waals surface area contributed by atoms with E-state index in [1.165, 1.54) is 25.7 Å². The second-order valence-corrected chi connectivity index (χ2v) is 8.67. The third kappa shape index (κ3) is 4.39. The van der Waals surface area contributed by atoms with Gasteiger partial charge in [0.15, 0.2) is 0 Å². The molecule has 28 heavy (non-hydrogen) atoms. The Labute approximate surface area is 167 Å². The summed E-state index contributed by atoms with van der Waals surface area (Å²) in [4.78, 5) is 26.9. The molecule has 0 unspecified atom stereocenters. The topological polar surface area (TPSA) is 80.1 Å². The van der Waals surface area contributed by atoms with Crippen molar-refractivity contribution >= 4 is 11.8 Å². The zero-order chi connectivity index (χ0) is 19.3.